The Balaban J connectivity index is 1.54. The molecule has 0 saturated carbocycles. The standard InChI is InChI=1S/C22H29N3O3/c1-27-20-11-10-17(16-21(20)28-2)6-5-9-22(26)24-18-7-3-4-8-19(18)25-14-12-23-13-15-25/h3-4,7-8,10-11,16,23H,5-6,9,12-15H2,1-2H3,(H,24,26). The maximum atomic E-state index is 12.5. The van der Waals surface area contributed by atoms with E-state index < -0.39 is 0 Å². The van der Waals surface area contributed by atoms with Gasteiger partial charge < -0.3 is 25.0 Å². The molecule has 0 spiro atoms. The van der Waals surface area contributed by atoms with Crippen molar-refractivity contribution in [3.05, 3.63) is 48.0 Å². The van der Waals surface area contributed by atoms with Gasteiger partial charge in [-0.1, -0.05) is 18.2 Å². The third-order valence-corrected chi connectivity index (χ3v) is 4.95. The molecule has 0 bridgehead atoms. The largest absolute Gasteiger partial charge is 0.493 e. The summed E-state index contributed by atoms with van der Waals surface area (Å²) in [4.78, 5) is 14.8. The molecule has 2 aromatic rings. The SMILES string of the molecule is COc1ccc(CCCC(=O)Nc2ccccc2N2CCNCC2)cc1OC. The van der Waals surface area contributed by atoms with Crippen LogP contribution in [0.1, 0.15) is 18.4 Å². The molecule has 6 heteroatoms. The molecule has 1 aliphatic heterocycles. The molecule has 0 radical (unpaired) electrons. The summed E-state index contributed by atoms with van der Waals surface area (Å²) in [6, 6.07) is 13.9. The van der Waals surface area contributed by atoms with Gasteiger partial charge in [0.1, 0.15) is 0 Å². The maximum Gasteiger partial charge on any atom is 0.224 e. The van der Waals surface area contributed by atoms with Crippen molar-refractivity contribution in [2.24, 2.45) is 0 Å². The van der Waals surface area contributed by atoms with E-state index in [1.165, 1.54) is 0 Å². The molecule has 28 heavy (non-hydrogen) atoms. The molecule has 1 fully saturated rings. The number of benzene rings is 2. The van der Waals surface area contributed by atoms with Crippen LogP contribution in [0.15, 0.2) is 42.5 Å². The van der Waals surface area contributed by atoms with Crippen molar-refractivity contribution in [2.75, 3.05) is 50.6 Å². The van der Waals surface area contributed by atoms with Gasteiger partial charge in [-0.15, -0.1) is 0 Å². The van der Waals surface area contributed by atoms with Crippen LogP contribution in [0.4, 0.5) is 11.4 Å². The van der Waals surface area contributed by atoms with Crippen LogP contribution >= 0.6 is 0 Å². The molecule has 0 aromatic heterocycles. The second-order valence-electron chi connectivity index (χ2n) is 6.85. The summed E-state index contributed by atoms with van der Waals surface area (Å²) in [6.07, 6.45) is 2.06. The molecule has 0 aliphatic carbocycles. The molecule has 0 unspecified atom stereocenters. The third-order valence-electron chi connectivity index (χ3n) is 4.95. The minimum absolute atomic E-state index is 0.0445. The average Bonchev–Trinajstić information content (AvgIpc) is 2.74. The Kier molecular flexibility index (Phi) is 7.14. The van der Waals surface area contributed by atoms with Crippen LogP contribution < -0.4 is 25.0 Å². The minimum Gasteiger partial charge on any atom is -0.493 e. The molecular weight excluding hydrogens is 354 g/mol. The number of carbonyl (C=O) groups is 1. The van der Waals surface area contributed by atoms with Crippen LogP contribution in [0.25, 0.3) is 0 Å². The highest BCUT2D eigenvalue weighted by Crippen LogP contribution is 2.28. The molecule has 3 rings (SSSR count). The Labute approximate surface area is 166 Å². The van der Waals surface area contributed by atoms with Crippen molar-refractivity contribution >= 4 is 17.3 Å². The zero-order chi connectivity index (χ0) is 19.8. The summed E-state index contributed by atoms with van der Waals surface area (Å²) in [5.74, 6) is 1.48. The number of ether oxygens (including phenoxy) is 2. The Morgan fingerprint density at radius 2 is 1.82 bits per heavy atom. The minimum atomic E-state index is 0.0445. The van der Waals surface area contributed by atoms with Crippen molar-refractivity contribution in [3.63, 3.8) is 0 Å². The first kappa shape index (κ1) is 20.0. The number of hydrogen-bond acceptors (Lipinski definition) is 5. The number of rotatable bonds is 8. The second kappa shape index (κ2) is 9.99. The average molecular weight is 383 g/mol. The predicted molar refractivity (Wildman–Crippen MR) is 113 cm³/mol. The quantitative estimate of drug-likeness (QED) is 0.734. The zero-order valence-corrected chi connectivity index (χ0v) is 16.7. The first-order chi connectivity index (χ1) is 13.7. The van der Waals surface area contributed by atoms with Crippen molar-refractivity contribution in [2.45, 2.75) is 19.3 Å². The van der Waals surface area contributed by atoms with Gasteiger partial charge in [0.2, 0.25) is 5.91 Å². The van der Waals surface area contributed by atoms with E-state index in [0.717, 1.165) is 61.7 Å². The van der Waals surface area contributed by atoms with Gasteiger partial charge in [-0.05, 0) is 42.7 Å². The number of amides is 1. The topological polar surface area (TPSA) is 62.8 Å². The van der Waals surface area contributed by atoms with Crippen LogP contribution in [0.5, 0.6) is 11.5 Å². The number of para-hydroxylation sites is 2. The number of nitrogens with zero attached hydrogens (tertiary/aromatic N) is 1. The third kappa shape index (κ3) is 5.16. The van der Waals surface area contributed by atoms with E-state index in [1.807, 2.05) is 36.4 Å². The number of nitrogens with one attached hydrogen (secondary N) is 2. The molecule has 1 aliphatic rings. The number of hydrogen-bond donors (Lipinski definition) is 2. The van der Waals surface area contributed by atoms with Gasteiger partial charge in [-0.25, -0.2) is 0 Å². The maximum absolute atomic E-state index is 12.5. The Morgan fingerprint density at radius 1 is 1.07 bits per heavy atom. The summed E-state index contributed by atoms with van der Waals surface area (Å²) in [7, 11) is 3.25. The normalized spacial score (nSPS) is 13.9. The van der Waals surface area contributed by atoms with Gasteiger partial charge in [-0.3, -0.25) is 4.79 Å². The van der Waals surface area contributed by atoms with E-state index >= 15 is 0 Å². The number of piperazine rings is 1. The number of anilines is 2. The van der Waals surface area contributed by atoms with Gasteiger partial charge in [-0.2, -0.15) is 0 Å². The van der Waals surface area contributed by atoms with E-state index in [9.17, 15) is 4.79 Å². The van der Waals surface area contributed by atoms with Crippen molar-refractivity contribution in [1.82, 2.24) is 5.32 Å². The molecule has 1 saturated heterocycles. The summed E-state index contributed by atoms with van der Waals surface area (Å²) < 4.78 is 10.6. The molecule has 150 valence electrons. The van der Waals surface area contributed by atoms with Gasteiger partial charge >= 0.3 is 0 Å². The summed E-state index contributed by atoms with van der Waals surface area (Å²) in [6.45, 7) is 3.83. The highest BCUT2D eigenvalue weighted by atomic mass is 16.5. The van der Waals surface area contributed by atoms with Crippen LogP contribution in [-0.4, -0.2) is 46.3 Å². The molecule has 6 nitrogen and oxygen atoms in total. The lowest BCUT2D eigenvalue weighted by Crippen LogP contribution is -2.43. The van der Waals surface area contributed by atoms with Crippen molar-refractivity contribution in [1.29, 1.82) is 0 Å². The van der Waals surface area contributed by atoms with Crippen LogP contribution in [0.2, 0.25) is 0 Å². The van der Waals surface area contributed by atoms with Crippen LogP contribution in [0.3, 0.4) is 0 Å². The Bertz CT molecular complexity index is 788. The van der Waals surface area contributed by atoms with Gasteiger partial charge in [0, 0.05) is 32.6 Å². The number of carbonyl (C=O) groups excluding carboxylic acids is 1. The highest BCUT2D eigenvalue weighted by molar-refractivity contribution is 5.94. The second-order valence-corrected chi connectivity index (χ2v) is 6.85. The molecule has 1 amide bonds. The highest BCUT2D eigenvalue weighted by Gasteiger charge is 2.15. The fourth-order valence-corrected chi connectivity index (χ4v) is 3.46. The first-order valence-corrected chi connectivity index (χ1v) is 9.76. The van der Waals surface area contributed by atoms with Gasteiger partial charge in [0.05, 0.1) is 25.6 Å². The lowest BCUT2D eigenvalue weighted by Gasteiger charge is -2.31. The Morgan fingerprint density at radius 3 is 2.57 bits per heavy atom. The predicted octanol–water partition coefficient (Wildman–Crippen LogP) is 3.07. The molecule has 2 N–H and O–H groups in total. The molecular formula is C22H29N3O3. The van der Waals surface area contributed by atoms with Crippen molar-refractivity contribution < 1.29 is 14.3 Å². The van der Waals surface area contributed by atoms with Crippen LogP contribution in [0, 0.1) is 0 Å². The monoisotopic (exact) mass is 383 g/mol. The zero-order valence-electron chi connectivity index (χ0n) is 16.7. The fraction of sp³-hybridized carbons (Fsp3) is 0.409. The summed E-state index contributed by atoms with van der Waals surface area (Å²) >= 11 is 0. The summed E-state index contributed by atoms with van der Waals surface area (Å²) in [5.41, 5.74) is 3.12. The number of methoxy groups -OCH3 is 2. The van der Waals surface area contributed by atoms with Crippen LogP contribution in [-0.2, 0) is 11.2 Å². The lowest BCUT2D eigenvalue weighted by molar-refractivity contribution is -0.116. The lowest BCUT2D eigenvalue weighted by atomic mass is 10.1. The van der Waals surface area contributed by atoms with Crippen molar-refractivity contribution in [3.8, 4) is 11.5 Å². The van der Waals surface area contributed by atoms with E-state index in [2.05, 4.69) is 21.6 Å². The summed E-state index contributed by atoms with van der Waals surface area (Å²) in [5, 5.41) is 6.45. The smallest absolute Gasteiger partial charge is 0.224 e. The van der Waals surface area contributed by atoms with Gasteiger partial charge in [0.15, 0.2) is 11.5 Å². The molecule has 1 heterocycles. The van der Waals surface area contributed by atoms with Gasteiger partial charge in [0.25, 0.3) is 0 Å². The van der Waals surface area contributed by atoms with E-state index in [0.29, 0.717) is 12.2 Å². The molecule has 2 aromatic carbocycles. The van der Waals surface area contributed by atoms with E-state index in [1.54, 1.807) is 14.2 Å². The first-order valence-electron chi connectivity index (χ1n) is 9.76. The Hall–Kier alpha value is -2.73. The fourth-order valence-electron chi connectivity index (χ4n) is 3.46. The number of aryl methyl sites for hydroxylation is 1. The molecule has 0 atom stereocenters. The van der Waals surface area contributed by atoms with E-state index in [-0.39, 0.29) is 5.91 Å². The van der Waals surface area contributed by atoms with E-state index in [4.69, 9.17) is 9.47 Å².